The van der Waals surface area contributed by atoms with Gasteiger partial charge in [-0.25, -0.2) is 4.39 Å². The molecule has 0 aliphatic rings. The number of nitrogens with zero attached hydrogens (tertiary/aromatic N) is 1. The molecule has 3 aromatic carbocycles. The second kappa shape index (κ2) is 11.4. The van der Waals surface area contributed by atoms with Gasteiger partial charge in [0.05, 0.1) is 5.56 Å². The number of carbonyl (C=O) groups is 1. The van der Waals surface area contributed by atoms with Gasteiger partial charge in [0.2, 0.25) is 0 Å². The highest BCUT2D eigenvalue weighted by Gasteiger charge is 2.73. The molecule has 0 bridgehead atoms. The van der Waals surface area contributed by atoms with E-state index in [0.717, 1.165) is 17.7 Å². The van der Waals surface area contributed by atoms with Crippen LogP contribution in [0, 0.1) is 0 Å². The molecule has 3 aromatic rings. The number of amides is 1. The van der Waals surface area contributed by atoms with Gasteiger partial charge in [-0.1, -0.05) is 59.6 Å². The summed E-state index contributed by atoms with van der Waals surface area (Å²) in [5.74, 6) is -0.486. The number of benzene rings is 3. The van der Waals surface area contributed by atoms with Crippen LogP contribution in [0.5, 0.6) is 0 Å². The zero-order valence-electron chi connectivity index (χ0n) is 19.7. The predicted molar refractivity (Wildman–Crippen MR) is 132 cm³/mol. The largest absolute Gasteiger partial charge is 0.435 e. The fraction of sp³-hybridized carbons (Fsp3) is 0.269. The SMILES string of the molecule is CNc1ccc(Cl)cc1C(=O)N(CCc1ccc(Cl)cc1)Cc1ccc(C(F)(C(F)(F)F)C(F)(F)F)cc1. The van der Waals surface area contributed by atoms with Gasteiger partial charge < -0.3 is 10.2 Å². The van der Waals surface area contributed by atoms with E-state index in [9.17, 15) is 35.5 Å². The number of carbonyl (C=O) groups excluding carboxylic acids is 1. The van der Waals surface area contributed by atoms with Crippen LogP contribution in [0.25, 0.3) is 0 Å². The predicted octanol–water partition coefficient (Wildman–Crippen LogP) is 8.21. The lowest BCUT2D eigenvalue weighted by atomic mass is 9.93. The van der Waals surface area contributed by atoms with Crippen LogP contribution < -0.4 is 5.32 Å². The molecule has 0 unspecified atom stereocenters. The van der Waals surface area contributed by atoms with Crippen molar-refractivity contribution >= 4 is 34.8 Å². The summed E-state index contributed by atoms with van der Waals surface area (Å²) in [4.78, 5) is 14.9. The van der Waals surface area contributed by atoms with Crippen molar-refractivity contribution in [2.45, 2.75) is 31.0 Å². The molecule has 12 heteroatoms. The number of anilines is 1. The summed E-state index contributed by atoms with van der Waals surface area (Å²) in [6.45, 7) is -0.0459. The summed E-state index contributed by atoms with van der Waals surface area (Å²) in [7, 11) is 1.60. The number of rotatable bonds is 8. The van der Waals surface area contributed by atoms with Gasteiger partial charge in [-0.3, -0.25) is 4.79 Å². The summed E-state index contributed by atoms with van der Waals surface area (Å²) in [5.41, 5.74) is -5.44. The molecule has 0 saturated heterocycles. The molecule has 0 spiro atoms. The second-order valence-electron chi connectivity index (χ2n) is 8.39. The van der Waals surface area contributed by atoms with E-state index >= 15 is 0 Å². The number of nitrogens with one attached hydrogen (secondary N) is 1. The molecule has 0 heterocycles. The van der Waals surface area contributed by atoms with Crippen LogP contribution in [0.4, 0.5) is 36.4 Å². The summed E-state index contributed by atoms with van der Waals surface area (Å²) < 4.78 is 93.0. The van der Waals surface area contributed by atoms with Crippen LogP contribution in [0.2, 0.25) is 10.0 Å². The standard InChI is InChI=1S/C26H21Cl2F7N2O/c1-36-22-11-10-20(28)14-21(22)23(38)37(13-12-16-4-8-19(27)9-5-16)15-17-2-6-18(7-3-17)24(29,25(30,31)32)26(33,34)35/h2-11,14,36H,12-13,15H2,1H3. The monoisotopic (exact) mass is 580 g/mol. The molecule has 3 rings (SSSR count). The Hall–Kier alpha value is -2.98. The Morgan fingerprint density at radius 3 is 1.84 bits per heavy atom. The molecule has 3 nitrogen and oxygen atoms in total. The fourth-order valence-electron chi connectivity index (χ4n) is 3.80. The van der Waals surface area contributed by atoms with Crippen molar-refractivity contribution in [3.05, 3.63) is 99.0 Å². The minimum absolute atomic E-state index is 0.135. The van der Waals surface area contributed by atoms with Gasteiger partial charge >= 0.3 is 18.0 Å². The topological polar surface area (TPSA) is 32.3 Å². The third-order valence-corrected chi connectivity index (χ3v) is 6.35. The highest BCUT2D eigenvalue weighted by atomic mass is 35.5. The van der Waals surface area contributed by atoms with Gasteiger partial charge in [0, 0.05) is 41.4 Å². The van der Waals surface area contributed by atoms with Crippen LogP contribution in [0.15, 0.2) is 66.7 Å². The molecule has 0 aliphatic heterocycles. The Balaban J connectivity index is 1.94. The molecule has 38 heavy (non-hydrogen) atoms. The van der Waals surface area contributed by atoms with Crippen molar-refractivity contribution in [3.8, 4) is 0 Å². The molecule has 0 radical (unpaired) electrons. The van der Waals surface area contributed by atoms with E-state index in [4.69, 9.17) is 23.2 Å². The average Bonchev–Trinajstić information content (AvgIpc) is 2.85. The molecule has 0 aliphatic carbocycles. The van der Waals surface area contributed by atoms with Crippen molar-refractivity contribution in [3.63, 3.8) is 0 Å². The second-order valence-corrected chi connectivity index (χ2v) is 9.27. The summed E-state index contributed by atoms with van der Waals surface area (Å²) in [6.07, 6.45) is -12.1. The van der Waals surface area contributed by atoms with Crippen LogP contribution in [0.1, 0.15) is 27.0 Å². The molecule has 0 saturated carbocycles. The Labute approximate surface area is 224 Å². The van der Waals surface area contributed by atoms with E-state index in [2.05, 4.69) is 5.32 Å². The van der Waals surface area contributed by atoms with Crippen molar-refractivity contribution in [2.75, 3.05) is 18.9 Å². The first kappa shape index (κ1) is 29.6. The molecule has 1 amide bonds. The first-order chi connectivity index (χ1) is 17.7. The summed E-state index contributed by atoms with van der Waals surface area (Å²) in [5, 5.41) is 3.68. The molecule has 204 valence electrons. The Bertz CT molecular complexity index is 1250. The van der Waals surface area contributed by atoms with E-state index < -0.39 is 29.5 Å². The van der Waals surface area contributed by atoms with Crippen molar-refractivity contribution in [2.24, 2.45) is 0 Å². The highest BCUT2D eigenvalue weighted by Crippen LogP contribution is 2.53. The molecule has 0 aromatic heterocycles. The van der Waals surface area contributed by atoms with Gasteiger partial charge in [0.1, 0.15) is 0 Å². The fourth-order valence-corrected chi connectivity index (χ4v) is 4.10. The lowest BCUT2D eigenvalue weighted by Gasteiger charge is -2.30. The van der Waals surface area contributed by atoms with Crippen LogP contribution in [0.3, 0.4) is 0 Å². The summed E-state index contributed by atoms with van der Waals surface area (Å²) in [6, 6.07) is 14.2. The van der Waals surface area contributed by atoms with E-state index in [-0.39, 0.29) is 29.2 Å². The van der Waals surface area contributed by atoms with E-state index in [1.165, 1.54) is 11.0 Å². The van der Waals surface area contributed by atoms with Crippen LogP contribution >= 0.6 is 23.2 Å². The number of alkyl halides is 7. The molecule has 1 N–H and O–H groups in total. The first-order valence-electron chi connectivity index (χ1n) is 11.1. The maximum Gasteiger partial charge on any atom is 0.435 e. The van der Waals surface area contributed by atoms with Crippen molar-refractivity contribution < 1.29 is 35.5 Å². The molecular weight excluding hydrogens is 560 g/mol. The third-order valence-electron chi connectivity index (χ3n) is 5.86. The summed E-state index contributed by atoms with van der Waals surface area (Å²) >= 11 is 12.0. The highest BCUT2D eigenvalue weighted by molar-refractivity contribution is 6.31. The smallest absolute Gasteiger partial charge is 0.387 e. The maximum absolute atomic E-state index is 14.4. The first-order valence-corrected chi connectivity index (χ1v) is 11.9. The van der Waals surface area contributed by atoms with Gasteiger partial charge in [-0.05, 0) is 47.9 Å². The Kier molecular flexibility index (Phi) is 8.88. The minimum Gasteiger partial charge on any atom is -0.387 e. The van der Waals surface area contributed by atoms with Gasteiger partial charge in [-0.2, -0.15) is 26.3 Å². The molecule has 0 atom stereocenters. The van der Waals surface area contributed by atoms with Gasteiger partial charge in [0.25, 0.3) is 5.91 Å². The van der Waals surface area contributed by atoms with Crippen molar-refractivity contribution in [1.82, 2.24) is 4.90 Å². The van der Waals surface area contributed by atoms with Gasteiger partial charge in [-0.15, -0.1) is 0 Å². The Morgan fingerprint density at radius 1 is 0.789 bits per heavy atom. The zero-order chi connectivity index (χ0) is 28.3. The third kappa shape index (κ3) is 6.35. The zero-order valence-corrected chi connectivity index (χ0v) is 21.2. The van der Waals surface area contributed by atoms with E-state index in [1.807, 2.05) is 0 Å². The van der Waals surface area contributed by atoms with E-state index in [1.54, 1.807) is 43.4 Å². The minimum atomic E-state index is -6.22. The van der Waals surface area contributed by atoms with Gasteiger partial charge in [0.15, 0.2) is 0 Å². The number of halogens is 9. The van der Waals surface area contributed by atoms with E-state index in [0.29, 0.717) is 29.3 Å². The lowest BCUT2D eigenvalue weighted by molar-refractivity contribution is -0.348. The average molecular weight is 581 g/mol. The number of hydrogen-bond donors (Lipinski definition) is 1. The quantitative estimate of drug-likeness (QED) is 0.272. The lowest BCUT2D eigenvalue weighted by Crippen LogP contribution is -2.50. The van der Waals surface area contributed by atoms with Crippen molar-refractivity contribution in [1.29, 1.82) is 0 Å². The number of hydrogen-bond acceptors (Lipinski definition) is 2. The van der Waals surface area contributed by atoms with Crippen LogP contribution in [-0.2, 0) is 18.6 Å². The molecular formula is C26H21Cl2F7N2O. The molecule has 0 fully saturated rings. The Morgan fingerprint density at radius 2 is 1.32 bits per heavy atom. The normalized spacial score (nSPS) is 12.4. The maximum atomic E-state index is 14.4. The van der Waals surface area contributed by atoms with Crippen LogP contribution in [-0.4, -0.2) is 36.8 Å².